The van der Waals surface area contributed by atoms with Crippen LogP contribution in [-0.4, -0.2) is 36.8 Å². The van der Waals surface area contributed by atoms with Crippen molar-refractivity contribution in [2.75, 3.05) is 11.1 Å². The lowest BCUT2D eigenvalue weighted by Gasteiger charge is -2.09. The monoisotopic (exact) mass is 398 g/mol. The molecule has 1 aromatic heterocycles. The van der Waals surface area contributed by atoms with E-state index in [0.29, 0.717) is 16.4 Å². The molecule has 0 aliphatic rings. The first-order valence-electron chi connectivity index (χ1n) is 8.39. The first kappa shape index (κ1) is 19.5. The van der Waals surface area contributed by atoms with Gasteiger partial charge in [0.1, 0.15) is 0 Å². The molecule has 0 atom stereocenters. The highest BCUT2D eigenvalue weighted by Crippen LogP contribution is 2.24. The molecule has 10 heteroatoms. The number of carbonyl (C=O) groups excluding carboxylic acids is 1. The molecule has 0 spiro atoms. The van der Waals surface area contributed by atoms with Gasteiger partial charge in [0.15, 0.2) is 0 Å². The first-order valence-corrected chi connectivity index (χ1v) is 9.38. The van der Waals surface area contributed by atoms with E-state index in [-0.39, 0.29) is 17.3 Å². The number of nitro groups is 1. The van der Waals surface area contributed by atoms with Crippen LogP contribution < -0.4 is 5.32 Å². The Morgan fingerprint density at radius 1 is 1.21 bits per heavy atom. The Labute approximate surface area is 165 Å². The number of anilines is 1. The molecule has 1 amide bonds. The maximum absolute atomic E-state index is 12.3. The van der Waals surface area contributed by atoms with Gasteiger partial charge in [-0.05, 0) is 54.5 Å². The van der Waals surface area contributed by atoms with Gasteiger partial charge in [-0.1, -0.05) is 30.0 Å². The number of nitro benzene ring substituents is 1. The fourth-order valence-corrected chi connectivity index (χ4v) is 3.28. The van der Waals surface area contributed by atoms with Crippen molar-refractivity contribution in [3.63, 3.8) is 0 Å². The number of nitrogens with zero attached hydrogens (tertiary/aromatic N) is 5. The predicted octanol–water partition coefficient (Wildman–Crippen LogP) is 3.23. The van der Waals surface area contributed by atoms with E-state index >= 15 is 0 Å². The van der Waals surface area contributed by atoms with E-state index in [1.54, 1.807) is 23.7 Å². The van der Waals surface area contributed by atoms with Gasteiger partial charge in [-0.25, -0.2) is 0 Å². The number of thioether (sulfide) groups is 1. The highest BCUT2D eigenvalue weighted by Gasteiger charge is 2.15. The Kier molecular flexibility index (Phi) is 5.69. The lowest BCUT2D eigenvalue weighted by Crippen LogP contribution is -2.15. The van der Waals surface area contributed by atoms with E-state index in [1.165, 1.54) is 17.8 Å². The van der Waals surface area contributed by atoms with Crippen LogP contribution in [0.1, 0.15) is 16.7 Å². The first-order chi connectivity index (χ1) is 13.4. The number of hydrogen-bond donors (Lipinski definition) is 1. The Balaban J connectivity index is 1.70. The lowest BCUT2D eigenvalue weighted by molar-refractivity contribution is -0.385. The van der Waals surface area contributed by atoms with Gasteiger partial charge in [0.2, 0.25) is 11.1 Å². The summed E-state index contributed by atoms with van der Waals surface area (Å²) < 4.78 is 1.59. The van der Waals surface area contributed by atoms with Crippen LogP contribution in [-0.2, 0) is 4.79 Å². The minimum absolute atomic E-state index is 0.0377. The van der Waals surface area contributed by atoms with Crippen molar-refractivity contribution >= 4 is 29.0 Å². The number of carbonyl (C=O) groups is 1. The third-order valence-corrected chi connectivity index (χ3v) is 5.19. The van der Waals surface area contributed by atoms with Crippen molar-refractivity contribution in [3.05, 3.63) is 63.2 Å². The molecule has 28 heavy (non-hydrogen) atoms. The molecular weight excluding hydrogens is 380 g/mol. The number of aromatic nitrogens is 4. The van der Waals surface area contributed by atoms with Crippen molar-refractivity contribution in [3.8, 4) is 5.69 Å². The van der Waals surface area contributed by atoms with Crippen LogP contribution in [0.5, 0.6) is 0 Å². The molecule has 0 aliphatic heterocycles. The maximum Gasteiger partial charge on any atom is 0.274 e. The molecule has 0 aliphatic carbocycles. The zero-order valence-electron chi connectivity index (χ0n) is 15.5. The topological polar surface area (TPSA) is 116 Å². The van der Waals surface area contributed by atoms with E-state index in [0.717, 1.165) is 16.8 Å². The second-order valence-electron chi connectivity index (χ2n) is 6.19. The van der Waals surface area contributed by atoms with Gasteiger partial charge in [0.05, 0.1) is 16.4 Å². The molecule has 2 aromatic carbocycles. The van der Waals surface area contributed by atoms with Crippen molar-refractivity contribution in [2.45, 2.75) is 25.9 Å². The molecular formula is C18H18N6O3S. The number of aryl methyl sites for hydroxylation is 2. The maximum atomic E-state index is 12.3. The molecule has 3 aromatic rings. The highest BCUT2D eigenvalue weighted by molar-refractivity contribution is 7.99. The van der Waals surface area contributed by atoms with Crippen LogP contribution in [0, 0.1) is 30.9 Å². The third-order valence-electron chi connectivity index (χ3n) is 4.27. The van der Waals surface area contributed by atoms with E-state index < -0.39 is 4.92 Å². The molecule has 0 saturated heterocycles. The largest absolute Gasteiger partial charge is 0.325 e. The van der Waals surface area contributed by atoms with Gasteiger partial charge >= 0.3 is 0 Å². The fourth-order valence-electron chi connectivity index (χ4n) is 2.60. The van der Waals surface area contributed by atoms with E-state index in [9.17, 15) is 14.9 Å². The van der Waals surface area contributed by atoms with Crippen LogP contribution in [0.15, 0.2) is 41.6 Å². The van der Waals surface area contributed by atoms with Crippen molar-refractivity contribution in [1.82, 2.24) is 20.2 Å². The standard InChI is InChI=1S/C18H18N6O3S/c1-11-5-4-6-15(13(11)3)23-18(20-21-22-23)28-10-17(25)19-14-8-7-12(2)16(9-14)24(26)27/h4-9H,10H2,1-3H3,(H,19,25). The molecule has 0 saturated carbocycles. The van der Waals surface area contributed by atoms with Crippen LogP contribution in [0.3, 0.4) is 0 Å². The average molecular weight is 398 g/mol. The molecule has 3 rings (SSSR count). The lowest BCUT2D eigenvalue weighted by atomic mass is 10.1. The fraction of sp³-hybridized carbons (Fsp3) is 0.222. The minimum Gasteiger partial charge on any atom is -0.325 e. The van der Waals surface area contributed by atoms with Crippen molar-refractivity contribution < 1.29 is 9.72 Å². The van der Waals surface area contributed by atoms with Crippen LogP contribution in [0.25, 0.3) is 5.69 Å². The number of tetrazole rings is 1. The summed E-state index contributed by atoms with van der Waals surface area (Å²) in [5.41, 5.74) is 3.88. The summed E-state index contributed by atoms with van der Waals surface area (Å²) in [6, 6.07) is 10.4. The zero-order chi connectivity index (χ0) is 20.3. The van der Waals surface area contributed by atoms with E-state index in [1.807, 2.05) is 32.0 Å². The van der Waals surface area contributed by atoms with Crippen LogP contribution in [0.4, 0.5) is 11.4 Å². The van der Waals surface area contributed by atoms with Gasteiger partial charge in [0, 0.05) is 17.3 Å². The molecule has 0 unspecified atom stereocenters. The van der Waals surface area contributed by atoms with Gasteiger partial charge in [-0.3, -0.25) is 14.9 Å². The van der Waals surface area contributed by atoms with E-state index in [2.05, 4.69) is 20.8 Å². The van der Waals surface area contributed by atoms with Crippen LogP contribution >= 0.6 is 11.8 Å². The summed E-state index contributed by atoms with van der Waals surface area (Å²) in [4.78, 5) is 22.8. The summed E-state index contributed by atoms with van der Waals surface area (Å²) in [6.45, 7) is 5.63. The molecule has 1 heterocycles. The summed E-state index contributed by atoms with van der Waals surface area (Å²) >= 11 is 1.19. The second-order valence-corrected chi connectivity index (χ2v) is 7.13. The predicted molar refractivity (Wildman–Crippen MR) is 106 cm³/mol. The Bertz CT molecular complexity index is 1050. The van der Waals surface area contributed by atoms with Crippen molar-refractivity contribution in [1.29, 1.82) is 0 Å². The average Bonchev–Trinajstić information content (AvgIpc) is 3.12. The van der Waals surface area contributed by atoms with Gasteiger partial charge in [-0.2, -0.15) is 4.68 Å². The Morgan fingerprint density at radius 3 is 2.75 bits per heavy atom. The number of benzene rings is 2. The zero-order valence-corrected chi connectivity index (χ0v) is 16.4. The molecule has 9 nitrogen and oxygen atoms in total. The molecule has 0 radical (unpaired) electrons. The minimum atomic E-state index is -0.474. The van der Waals surface area contributed by atoms with Gasteiger partial charge in [0.25, 0.3) is 5.69 Å². The summed E-state index contributed by atoms with van der Waals surface area (Å²) in [5.74, 6) is -0.244. The smallest absolute Gasteiger partial charge is 0.274 e. The number of nitrogens with one attached hydrogen (secondary N) is 1. The SMILES string of the molecule is Cc1ccc(NC(=O)CSc2nnnn2-c2cccc(C)c2C)cc1[N+](=O)[O-]. The molecule has 0 fully saturated rings. The van der Waals surface area contributed by atoms with Crippen molar-refractivity contribution in [2.24, 2.45) is 0 Å². The third kappa shape index (κ3) is 4.17. The number of hydrogen-bond acceptors (Lipinski definition) is 7. The van der Waals surface area contributed by atoms with E-state index in [4.69, 9.17) is 0 Å². The summed E-state index contributed by atoms with van der Waals surface area (Å²) in [5, 5.41) is 25.9. The Hall–Kier alpha value is -3.27. The Morgan fingerprint density at radius 2 is 2.00 bits per heavy atom. The molecule has 0 bridgehead atoms. The van der Waals surface area contributed by atoms with Gasteiger partial charge < -0.3 is 5.32 Å². The summed E-state index contributed by atoms with van der Waals surface area (Å²) in [7, 11) is 0. The normalized spacial score (nSPS) is 10.7. The number of rotatable bonds is 6. The molecule has 144 valence electrons. The summed E-state index contributed by atoms with van der Waals surface area (Å²) in [6.07, 6.45) is 0. The molecule has 1 N–H and O–H groups in total. The quantitative estimate of drug-likeness (QED) is 0.385. The number of amides is 1. The second kappa shape index (κ2) is 8.17. The van der Waals surface area contributed by atoms with Crippen LogP contribution in [0.2, 0.25) is 0 Å². The highest BCUT2D eigenvalue weighted by atomic mass is 32.2. The van der Waals surface area contributed by atoms with Gasteiger partial charge in [-0.15, -0.1) is 5.10 Å².